The van der Waals surface area contributed by atoms with E-state index < -0.39 is 11.9 Å². The maximum atomic E-state index is 13.5. The van der Waals surface area contributed by atoms with Crippen LogP contribution in [-0.2, 0) is 33.3 Å². The molecule has 4 aliphatic carbocycles. The van der Waals surface area contributed by atoms with Crippen molar-refractivity contribution in [2.24, 2.45) is 47.2 Å². The number of nitrogens with two attached hydrogens (primary N) is 2. The van der Waals surface area contributed by atoms with E-state index in [0.717, 1.165) is 53.5 Å². The number of benzene rings is 2. The molecule has 7 rings (SSSR count). The summed E-state index contributed by atoms with van der Waals surface area (Å²) in [6.07, 6.45) is 9.48. The number of esters is 3. The van der Waals surface area contributed by atoms with Gasteiger partial charge in [-0.05, 0) is 122 Å². The number of nitrogens with one attached hydrogen (secondary N) is 2. The number of ketones is 1. The van der Waals surface area contributed by atoms with Crippen LogP contribution in [0.4, 0.5) is 5.82 Å². The van der Waals surface area contributed by atoms with Crippen molar-refractivity contribution in [3.05, 3.63) is 105 Å². The number of H-pyrrole nitrogens is 1. The van der Waals surface area contributed by atoms with Crippen molar-refractivity contribution in [2.75, 3.05) is 18.9 Å². The summed E-state index contributed by atoms with van der Waals surface area (Å²) >= 11 is 12.0. The molecule has 0 amide bonds. The predicted molar refractivity (Wildman–Crippen MR) is 268 cm³/mol. The monoisotopic (exact) mass is 980 g/mol. The molecule has 0 radical (unpaired) electrons. The smallest absolute Gasteiger partial charge is 0.342 e. The maximum absolute atomic E-state index is 13.5. The molecule has 0 bridgehead atoms. The topological polar surface area (TPSA) is 197 Å². The fourth-order valence-electron chi connectivity index (χ4n) is 10.1. The van der Waals surface area contributed by atoms with Crippen molar-refractivity contribution in [3.63, 3.8) is 0 Å². The minimum atomic E-state index is -0.452. The molecule has 364 valence electrons. The molecule has 15 heteroatoms. The largest absolute Gasteiger partial charge is 0.481 e. The number of carbonyl (C=O) groups is 4. The quantitative estimate of drug-likeness (QED) is 0.0656. The first kappa shape index (κ1) is 54.6. The second-order valence-electron chi connectivity index (χ2n) is 18.4. The second kappa shape index (κ2) is 24.8. The Hall–Kier alpha value is -5.04. The van der Waals surface area contributed by atoms with E-state index in [2.05, 4.69) is 51.3 Å². The minimum Gasteiger partial charge on any atom is -0.481 e. The van der Waals surface area contributed by atoms with Crippen LogP contribution < -0.4 is 11.5 Å². The van der Waals surface area contributed by atoms with Gasteiger partial charge < -0.3 is 35.4 Å². The Morgan fingerprint density at radius 1 is 0.731 bits per heavy atom. The summed E-state index contributed by atoms with van der Waals surface area (Å²) in [5.41, 5.74) is 17.3. The fourth-order valence-corrected chi connectivity index (χ4v) is 10.3. The lowest BCUT2D eigenvalue weighted by atomic mass is 9.75. The highest BCUT2D eigenvalue weighted by atomic mass is 35.5. The molecule has 3 aromatic rings. The molecule has 1 heterocycles. The zero-order valence-corrected chi connectivity index (χ0v) is 42.1. The zero-order valence-electron chi connectivity index (χ0n) is 39.8. The van der Waals surface area contributed by atoms with Gasteiger partial charge in [-0.3, -0.25) is 15.0 Å². The van der Waals surface area contributed by atoms with Crippen LogP contribution in [0.2, 0.25) is 10.0 Å². The Morgan fingerprint density at radius 3 is 1.70 bits per heavy atom. The van der Waals surface area contributed by atoms with E-state index in [1.165, 1.54) is 6.08 Å². The Kier molecular flexibility index (Phi) is 20.2. The number of fused-ring (bicyclic) bond motifs is 1. The summed E-state index contributed by atoms with van der Waals surface area (Å²) < 4.78 is 21.4. The normalized spacial score (nSPS) is 25.3. The van der Waals surface area contributed by atoms with Gasteiger partial charge in [0.15, 0.2) is 11.7 Å². The van der Waals surface area contributed by atoms with Gasteiger partial charge in [0.25, 0.3) is 0 Å². The average Bonchev–Trinajstić information content (AvgIpc) is 3.82. The number of hydrogen-bond acceptors (Lipinski definition) is 11. The molecule has 0 spiro atoms. The predicted octanol–water partition coefficient (Wildman–Crippen LogP) is 11.6. The lowest BCUT2D eigenvalue weighted by Gasteiger charge is -2.37. The Morgan fingerprint density at radius 2 is 1.21 bits per heavy atom. The Labute approximate surface area is 411 Å². The number of carbonyl (C=O) groups excluding carboxylic acids is 4. The van der Waals surface area contributed by atoms with Gasteiger partial charge >= 0.3 is 17.9 Å². The SMILES string of the molecule is CC1CC(C)C(OC(=O)C2=C3CC(N)=CC(=O)C3C=C2c2ccc(Cl)cc2)C(C)C1.CC1CC(C)C(OC(=O)c2c(-c3ccc(Cl)cc3)c[nH]c2N)C(C)C1.CCOC(=N)CC(=O)OCC.Cl. The molecule has 1 aromatic heterocycles. The molecule has 4 aliphatic rings. The highest BCUT2D eigenvalue weighted by Crippen LogP contribution is 2.44. The van der Waals surface area contributed by atoms with Gasteiger partial charge in [-0.15, -0.1) is 12.4 Å². The lowest BCUT2D eigenvalue weighted by molar-refractivity contribution is -0.152. The molecule has 0 aliphatic heterocycles. The summed E-state index contributed by atoms with van der Waals surface area (Å²) in [5.74, 6) is 1.24. The van der Waals surface area contributed by atoms with Crippen LogP contribution in [0.5, 0.6) is 0 Å². The van der Waals surface area contributed by atoms with Crippen LogP contribution in [0, 0.1) is 46.8 Å². The number of anilines is 1. The lowest BCUT2D eigenvalue weighted by Crippen LogP contribution is -2.38. The van der Waals surface area contributed by atoms with Gasteiger partial charge in [-0.25, -0.2) is 9.59 Å². The van der Waals surface area contributed by atoms with Crippen molar-refractivity contribution in [2.45, 2.75) is 106 Å². The summed E-state index contributed by atoms with van der Waals surface area (Å²) in [6, 6.07) is 14.6. The molecule has 6 N–H and O–H groups in total. The molecular weight excluding hydrogens is 915 g/mol. The first-order chi connectivity index (χ1) is 31.3. The van der Waals surface area contributed by atoms with Crippen molar-refractivity contribution in [1.82, 2.24) is 4.98 Å². The summed E-state index contributed by atoms with van der Waals surface area (Å²) in [7, 11) is 0. The zero-order chi connectivity index (χ0) is 48.4. The van der Waals surface area contributed by atoms with Gasteiger partial charge in [0, 0.05) is 40.0 Å². The first-order valence-corrected chi connectivity index (χ1v) is 23.8. The number of nitrogen functional groups attached to an aromatic ring is 1. The van der Waals surface area contributed by atoms with Gasteiger partial charge in [0.1, 0.15) is 30.0 Å². The third kappa shape index (κ3) is 14.2. The number of aromatic amines is 1. The molecule has 5 unspecified atom stereocenters. The number of hydrogen-bond donors (Lipinski definition) is 4. The van der Waals surface area contributed by atoms with Gasteiger partial charge in [0.05, 0.1) is 24.7 Å². The van der Waals surface area contributed by atoms with E-state index in [4.69, 9.17) is 54.3 Å². The highest BCUT2D eigenvalue weighted by molar-refractivity contribution is 6.31. The van der Waals surface area contributed by atoms with Crippen molar-refractivity contribution in [1.29, 1.82) is 5.41 Å². The van der Waals surface area contributed by atoms with E-state index in [-0.39, 0.29) is 54.7 Å². The number of halogens is 3. The second-order valence-corrected chi connectivity index (χ2v) is 19.3. The molecule has 2 aromatic carbocycles. The van der Waals surface area contributed by atoms with Gasteiger partial charge in [-0.2, -0.15) is 0 Å². The first-order valence-electron chi connectivity index (χ1n) is 23.0. The van der Waals surface area contributed by atoms with Crippen LogP contribution in [0.15, 0.2) is 83.7 Å². The molecule has 5 atom stereocenters. The minimum absolute atomic E-state index is 0. The van der Waals surface area contributed by atoms with Crippen molar-refractivity contribution in [3.8, 4) is 11.1 Å². The van der Waals surface area contributed by atoms with Crippen molar-refractivity contribution < 1.29 is 38.1 Å². The summed E-state index contributed by atoms with van der Waals surface area (Å²) in [5, 5.41) is 8.34. The van der Waals surface area contributed by atoms with Crippen molar-refractivity contribution >= 4 is 76.6 Å². The van der Waals surface area contributed by atoms with Crippen LogP contribution in [0.1, 0.15) is 110 Å². The van der Waals surface area contributed by atoms with Gasteiger partial charge in [-0.1, -0.05) is 95.1 Å². The number of rotatable bonds is 10. The third-order valence-corrected chi connectivity index (χ3v) is 13.2. The summed E-state index contributed by atoms with van der Waals surface area (Å²) in [6.45, 7) is 17.4. The van der Waals surface area contributed by atoms with E-state index in [9.17, 15) is 19.2 Å². The Balaban J connectivity index is 0.000000240. The van der Waals surface area contributed by atoms with E-state index >= 15 is 0 Å². The van der Waals surface area contributed by atoms with Crippen LogP contribution in [0.3, 0.4) is 0 Å². The molecule has 12 nitrogen and oxygen atoms in total. The summed E-state index contributed by atoms with van der Waals surface area (Å²) in [4.78, 5) is 52.6. The average molecular weight is 982 g/mol. The molecule has 0 saturated heterocycles. The third-order valence-electron chi connectivity index (χ3n) is 12.7. The molecule has 67 heavy (non-hydrogen) atoms. The molecular formula is C52H67Cl3N4O8. The number of allylic oxidation sites excluding steroid dienone is 3. The van der Waals surface area contributed by atoms with E-state index in [1.54, 1.807) is 44.3 Å². The highest BCUT2D eigenvalue weighted by Gasteiger charge is 2.41. The van der Waals surface area contributed by atoms with E-state index in [1.807, 2.05) is 30.3 Å². The van der Waals surface area contributed by atoms with E-state index in [0.29, 0.717) is 87.8 Å². The molecule has 2 saturated carbocycles. The molecule has 2 fully saturated rings. The fraction of sp³-hybridized carbons (Fsp3) is 0.481. The van der Waals surface area contributed by atoms with Crippen LogP contribution in [-0.4, -0.2) is 60.0 Å². The maximum Gasteiger partial charge on any atom is 0.342 e. The standard InChI is InChI=1S/C25H28ClNO3.C20H25ClN2O2.C7H13NO3.ClH/c1-13-8-14(2)24(15(3)9-13)30-25(29)23-19(16-4-6-17(26)7-5-16)12-20-21(23)10-18(27)11-22(20)28;1-11-8-12(2)18(13(3)9-11)25-20(24)17-16(10-23-19(17)22)14-4-6-15(21)7-5-14;1-3-10-6(8)5-7(9)11-4-2;/h4-7,11-15,20,24H,8-10,27H2,1-3H3;4-7,10-13,18,23H,8-9,22H2,1-3H3;8H,3-5H2,1-2H3;1H. The Bertz CT molecular complexity index is 2280. The number of aromatic nitrogens is 1. The van der Waals surface area contributed by atoms with Crippen LogP contribution >= 0.6 is 35.6 Å². The van der Waals surface area contributed by atoms with Gasteiger partial charge in [0.2, 0.25) is 0 Å². The number of ether oxygens (including phenoxy) is 4. The van der Waals surface area contributed by atoms with Crippen LogP contribution in [0.25, 0.3) is 16.7 Å².